The van der Waals surface area contributed by atoms with E-state index < -0.39 is 22.5 Å². The lowest BCUT2D eigenvalue weighted by Crippen LogP contribution is -2.37. The van der Waals surface area contributed by atoms with Crippen molar-refractivity contribution >= 4 is 38.9 Å². The highest BCUT2D eigenvalue weighted by molar-refractivity contribution is 7.92. The molecule has 1 aromatic carbocycles. The number of aromatic nitrogens is 3. The van der Waals surface area contributed by atoms with Gasteiger partial charge < -0.3 is 5.32 Å². The number of carbonyl (C=O) groups excluding carboxylic acids is 1. The Morgan fingerprint density at radius 3 is 2.70 bits per heavy atom. The first-order valence-electron chi connectivity index (χ1n) is 7.83. The molecular weight excluding hydrogens is 390 g/mol. The standard InChI is InChI=1S/C17H16ClN5O3S/c1-27(25,26)23(14-6-2-5-13(18)11-14)12-16(24)21-15-7-3-8-19-17(15)22-10-4-9-20-22/h2-11H,12H2,1H3,(H,21,24). The van der Waals surface area contributed by atoms with E-state index in [0.717, 1.165) is 10.6 Å². The maximum absolute atomic E-state index is 12.5. The van der Waals surface area contributed by atoms with E-state index in [0.29, 0.717) is 22.2 Å². The summed E-state index contributed by atoms with van der Waals surface area (Å²) < 4.78 is 26.8. The molecule has 0 saturated heterocycles. The van der Waals surface area contributed by atoms with Crippen molar-refractivity contribution in [1.29, 1.82) is 0 Å². The first-order chi connectivity index (χ1) is 12.8. The minimum Gasteiger partial charge on any atom is -0.321 e. The fraction of sp³-hybridized carbons (Fsp3) is 0.118. The average Bonchev–Trinajstić information content (AvgIpc) is 3.13. The van der Waals surface area contributed by atoms with Gasteiger partial charge in [0.25, 0.3) is 0 Å². The highest BCUT2D eigenvalue weighted by Crippen LogP contribution is 2.22. The molecule has 0 aliphatic rings. The molecule has 27 heavy (non-hydrogen) atoms. The Hall–Kier alpha value is -2.91. The number of sulfonamides is 1. The second-order valence-corrected chi connectivity index (χ2v) is 7.97. The molecule has 0 aliphatic carbocycles. The summed E-state index contributed by atoms with van der Waals surface area (Å²) in [6.45, 7) is -0.410. The van der Waals surface area contributed by atoms with Crippen LogP contribution in [0.4, 0.5) is 11.4 Å². The minimum absolute atomic E-state index is 0.304. The van der Waals surface area contributed by atoms with Gasteiger partial charge in [0.1, 0.15) is 6.54 Å². The lowest BCUT2D eigenvalue weighted by atomic mass is 10.3. The van der Waals surface area contributed by atoms with Crippen molar-refractivity contribution in [2.24, 2.45) is 0 Å². The van der Waals surface area contributed by atoms with Gasteiger partial charge in [-0.05, 0) is 36.4 Å². The Morgan fingerprint density at radius 1 is 1.22 bits per heavy atom. The van der Waals surface area contributed by atoms with Crippen LogP contribution in [0.2, 0.25) is 5.02 Å². The van der Waals surface area contributed by atoms with Crippen LogP contribution in [0.25, 0.3) is 5.82 Å². The van der Waals surface area contributed by atoms with Crippen LogP contribution in [-0.2, 0) is 14.8 Å². The maximum atomic E-state index is 12.5. The Balaban J connectivity index is 1.84. The average molecular weight is 406 g/mol. The second kappa shape index (κ2) is 7.77. The fourth-order valence-corrected chi connectivity index (χ4v) is 3.46. The highest BCUT2D eigenvalue weighted by atomic mass is 35.5. The molecule has 0 saturated carbocycles. The molecule has 2 aromatic heterocycles. The Morgan fingerprint density at radius 2 is 2.04 bits per heavy atom. The Kier molecular flexibility index (Phi) is 5.43. The van der Waals surface area contributed by atoms with Gasteiger partial charge >= 0.3 is 0 Å². The molecule has 0 fully saturated rings. The van der Waals surface area contributed by atoms with E-state index in [1.807, 2.05) is 0 Å². The van der Waals surface area contributed by atoms with E-state index in [1.54, 1.807) is 55.0 Å². The third-order valence-electron chi connectivity index (χ3n) is 3.57. The van der Waals surface area contributed by atoms with Crippen LogP contribution < -0.4 is 9.62 Å². The van der Waals surface area contributed by atoms with Gasteiger partial charge in [0, 0.05) is 23.6 Å². The molecule has 0 unspecified atom stereocenters. The van der Waals surface area contributed by atoms with Gasteiger partial charge in [-0.2, -0.15) is 5.10 Å². The van der Waals surface area contributed by atoms with Crippen LogP contribution >= 0.6 is 11.6 Å². The normalized spacial score (nSPS) is 11.2. The number of nitrogens with one attached hydrogen (secondary N) is 1. The number of benzene rings is 1. The number of pyridine rings is 1. The molecule has 0 aliphatic heterocycles. The van der Waals surface area contributed by atoms with Crippen molar-refractivity contribution in [2.75, 3.05) is 22.4 Å². The zero-order valence-corrected chi connectivity index (χ0v) is 15.9. The molecule has 140 valence electrons. The van der Waals surface area contributed by atoms with E-state index in [1.165, 1.54) is 10.7 Å². The summed E-state index contributed by atoms with van der Waals surface area (Å²) in [5.41, 5.74) is 0.712. The van der Waals surface area contributed by atoms with Gasteiger partial charge in [0.2, 0.25) is 15.9 Å². The molecule has 10 heteroatoms. The molecular formula is C17H16ClN5O3S. The van der Waals surface area contributed by atoms with Gasteiger partial charge in [-0.1, -0.05) is 17.7 Å². The van der Waals surface area contributed by atoms with Crippen molar-refractivity contribution in [3.63, 3.8) is 0 Å². The highest BCUT2D eigenvalue weighted by Gasteiger charge is 2.22. The van der Waals surface area contributed by atoms with E-state index in [2.05, 4.69) is 15.4 Å². The van der Waals surface area contributed by atoms with Crippen LogP contribution in [0.5, 0.6) is 0 Å². The Bertz CT molecular complexity index is 1050. The van der Waals surface area contributed by atoms with Crippen LogP contribution in [0.15, 0.2) is 61.1 Å². The molecule has 8 nitrogen and oxygen atoms in total. The smallest absolute Gasteiger partial charge is 0.245 e. The molecule has 0 spiro atoms. The number of rotatable bonds is 6. The number of amides is 1. The molecule has 1 N–H and O–H groups in total. The van der Waals surface area contributed by atoms with Crippen molar-refractivity contribution < 1.29 is 13.2 Å². The number of hydrogen-bond acceptors (Lipinski definition) is 5. The monoisotopic (exact) mass is 405 g/mol. The van der Waals surface area contributed by atoms with Gasteiger partial charge in [-0.15, -0.1) is 0 Å². The molecule has 1 amide bonds. The third kappa shape index (κ3) is 4.63. The number of nitrogens with zero attached hydrogens (tertiary/aromatic N) is 4. The number of anilines is 2. The van der Waals surface area contributed by atoms with E-state index in [9.17, 15) is 13.2 Å². The SMILES string of the molecule is CS(=O)(=O)N(CC(=O)Nc1cccnc1-n1cccn1)c1cccc(Cl)c1. The third-order valence-corrected chi connectivity index (χ3v) is 4.94. The summed E-state index contributed by atoms with van der Waals surface area (Å²) in [7, 11) is -3.69. The van der Waals surface area contributed by atoms with Crippen LogP contribution in [0.3, 0.4) is 0 Å². The summed E-state index contributed by atoms with van der Waals surface area (Å²) in [5, 5.41) is 7.15. The lowest BCUT2D eigenvalue weighted by Gasteiger charge is -2.22. The summed E-state index contributed by atoms with van der Waals surface area (Å²) in [5.74, 6) is -0.105. The van der Waals surface area contributed by atoms with Crippen molar-refractivity contribution in [2.45, 2.75) is 0 Å². The first-order valence-corrected chi connectivity index (χ1v) is 10.1. The molecule has 0 bridgehead atoms. The zero-order chi connectivity index (χ0) is 19.4. The Labute approximate surface area is 161 Å². The number of hydrogen-bond donors (Lipinski definition) is 1. The van der Waals surface area contributed by atoms with Crippen LogP contribution in [0.1, 0.15) is 0 Å². The molecule has 3 aromatic rings. The summed E-state index contributed by atoms with van der Waals surface area (Å²) in [6.07, 6.45) is 5.87. The number of carbonyl (C=O) groups is 1. The summed E-state index contributed by atoms with van der Waals surface area (Å²) in [6, 6.07) is 11.3. The quantitative estimate of drug-likeness (QED) is 0.678. The summed E-state index contributed by atoms with van der Waals surface area (Å²) in [4.78, 5) is 16.8. The van der Waals surface area contributed by atoms with Crippen molar-refractivity contribution in [1.82, 2.24) is 14.8 Å². The van der Waals surface area contributed by atoms with Gasteiger partial charge in [0.15, 0.2) is 5.82 Å². The van der Waals surface area contributed by atoms with Crippen LogP contribution in [0, 0.1) is 0 Å². The predicted molar refractivity (Wildman–Crippen MR) is 104 cm³/mol. The first kappa shape index (κ1) is 18.9. The van der Waals surface area contributed by atoms with E-state index in [-0.39, 0.29) is 0 Å². The topological polar surface area (TPSA) is 97.2 Å². The second-order valence-electron chi connectivity index (χ2n) is 5.62. The van der Waals surface area contributed by atoms with Crippen molar-refractivity contribution in [3.05, 3.63) is 66.1 Å². The molecule has 3 rings (SSSR count). The minimum atomic E-state index is -3.69. The zero-order valence-electron chi connectivity index (χ0n) is 14.3. The predicted octanol–water partition coefficient (Wildman–Crippen LogP) is 2.33. The van der Waals surface area contributed by atoms with Gasteiger partial charge in [-0.25, -0.2) is 18.1 Å². The van der Waals surface area contributed by atoms with Crippen LogP contribution in [-0.4, -0.2) is 41.9 Å². The molecule has 2 heterocycles. The lowest BCUT2D eigenvalue weighted by molar-refractivity contribution is -0.114. The van der Waals surface area contributed by atoms with Crippen molar-refractivity contribution in [3.8, 4) is 5.82 Å². The number of halogens is 1. The fourth-order valence-electron chi connectivity index (χ4n) is 2.42. The molecule has 0 radical (unpaired) electrons. The summed E-state index contributed by atoms with van der Waals surface area (Å²) >= 11 is 5.94. The van der Waals surface area contributed by atoms with Gasteiger partial charge in [0.05, 0.1) is 17.6 Å². The van der Waals surface area contributed by atoms with E-state index in [4.69, 9.17) is 11.6 Å². The molecule has 0 atom stereocenters. The van der Waals surface area contributed by atoms with E-state index >= 15 is 0 Å². The largest absolute Gasteiger partial charge is 0.321 e. The maximum Gasteiger partial charge on any atom is 0.245 e. The van der Waals surface area contributed by atoms with Gasteiger partial charge in [-0.3, -0.25) is 9.10 Å².